The van der Waals surface area contributed by atoms with Crippen LogP contribution in [0.15, 0.2) is 0 Å². The molecule has 0 aromatic heterocycles. The molecular formula is C6H6N2. The van der Waals surface area contributed by atoms with Crippen LogP contribution in [0, 0.1) is 34.5 Å². The van der Waals surface area contributed by atoms with Gasteiger partial charge in [0.1, 0.15) is 0 Å². The summed E-state index contributed by atoms with van der Waals surface area (Å²) in [4.78, 5) is 0. The van der Waals surface area contributed by atoms with Crippen molar-refractivity contribution in [1.29, 1.82) is 10.5 Å². The predicted octanol–water partition coefficient (Wildman–Crippen LogP) is 1.06. The Morgan fingerprint density at radius 1 is 1.00 bits per heavy atom. The van der Waals surface area contributed by atoms with Gasteiger partial charge in [-0.05, 0) is 12.8 Å². The van der Waals surface area contributed by atoms with E-state index in [4.69, 9.17) is 10.5 Å². The van der Waals surface area contributed by atoms with E-state index in [1.165, 1.54) is 0 Å². The smallest absolute Gasteiger partial charge is 0.0669 e. The van der Waals surface area contributed by atoms with E-state index in [1.807, 2.05) is 0 Å². The minimum absolute atomic E-state index is 0.0417. The van der Waals surface area contributed by atoms with Crippen molar-refractivity contribution in [3.05, 3.63) is 0 Å². The summed E-state index contributed by atoms with van der Waals surface area (Å²) in [5, 5.41) is 16.6. The molecule has 1 saturated carbocycles. The highest BCUT2D eigenvalue weighted by molar-refractivity contribution is 5.04. The summed E-state index contributed by atoms with van der Waals surface area (Å²) in [5.74, 6) is 0.0833. The van der Waals surface area contributed by atoms with E-state index in [-0.39, 0.29) is 11.8 Å². The summed E-state index contributed by atoms with van der Waals surface area (Å²) < 4.78 is 0. The van der Waals surface area contributed by atoms with Crippen LogP contribution in [0.5, 0.6) is 0 Å². The van der Waals surface area contributed by atoms with Gasteiger partial charge in [-0.3, -0.25) is 0 Å². The fourth-order valence-electron chi connectivity index (χ4n) is 0.809. The molecule has 0 saturated heterocycles. The fraction of sp³-hybridized carbons (Fsp3) is 0.667. The van der Waals surface area contributed by atoms with Crippen molar-refractivity contribution in [3.63, 3.8) is 0 Å². The van der Waals surface area contributed by atoms with Gasteiger partial charge in [0, 0.05) is 0 Å². The van der Waals surface area contributed by atoms with Crippen molar-refractivity contribution in [2.45, 2.75) is 12.8 Å². The highest BCUT2D eigenvalue weighted by Gasteiger charge is 2.30. The molecule has 0 bridgehead atoms. The van der Waals surface area contributed by atoms with E-state index < -0.39 is 0 Å². The van der Waals surface area contributed by atoms with Crippen LogP contribution in [-0.2, 0) is 0 Å². The third kappa shape index (κ3) is 0.550. The molecule has 0 aliphatic heterocycles. The number of nitrogens with zero attached hydrogens (tertiary/aromatic N) is 2. The first-order chi connectivity index (χ1) is 3.88. The zero-order valence-corrected chi connectivity index (χ0v) is 4.46. The van der Waals surface area contributed by atoms with Gasteiger partial charge in [0.15, 0.2) is 0 Å². The molecule has 2 atom stereocenters. The van der Waals surface area contributed by atoms with Crippen LogP contribution in [0.2, 0.25) is 0 Å². The Kier molecular flexibility index (Phi) is 1.18. The summed E-state index contributed by atoms with van der Waals surface area (Å²) >= 11 is 0. The van der Waals surface area contributed by atoms with Crippen molar-refractivity contribution in [3.8, 4) is 12.1 Å². The van der Waals surface area contributed by atoms with Gasteiger partial charge in [-0.15, -0.1) is 0 Å². The maximum absolute atomic E-state index is 8.29. The first-order valence-electron chi connectivity index (χ1n) is 2.67. The standard InChI is InChI=1S/C6H6N2/c7-3-5-1-2-6(5)4-8/h5-6H,1-2H2/t5-,6+. The van der Waals surface area contributed by atoms with Crippen LogP contribution in [0.1, 0.15) is 12.8 Å². The van der Waals surface area contributed by atoms with Crippen LogP contribution < -0.4 is 0 Å². The maximum atomic E-state index is 8.29. The minimum atomic E-state index is 0.0417. The Hall–Kier alpha value is -1.02. The number of hydrogen-bond acceptors (Lipinski definition) is 2. The maximum Gasteiger partial charge on any atom is 0.0669 e. The summed E-state index contributed by atoms with van der Waals surface area (Å²) in [7, 11) is 0. The van der Waals surface area contributed by atoms with Gasteiger partial charge in [0.2, 0.25) is 0 Å². The predicted molar refractivity (Wildman–Crippen MR) is 27.4 cm³/mol. The molecule has 40 valence electrons. The Labute approximate surface area is 48.3 Å². The molecule has 2 heteroatoms. The Morgan fingerprint density at radius 2 is 1.38 bits per heavy atom. The fourth-order valence-corrected chi connectivity index (χ4v) is 0.809. The highest BCUT2D eigenvalue weighted by atomic mass is 14.4. The molecule has 0 amide bonds. The molecule has 1 fully saturated rings. The largest absolute Gasteiger partial charge is 0.198 e. The second-order valence-electron chi connectivity index (χ2n) is 2.05. The van der Waals surface area contributed by atoms with E-state index in [9.17, 15) is 0 Å². The molecule has 2 nitrogen and oxygen atoms in total. The Morgan fingerprint density at radius 3 is 1.50 bits per heavy atom. The van der Waals surface area contributed by atoms with Crippen molar-refractivity contribution in [2.75, 3.05) is 0 Å². The summed E-state index contributed by atoms with van der Waals surface area (Å²) in [6.07, 6.45) is 1.85. The van der Waals surface area contributed by atoms with E-state index in [0.29, 0.717) is 0 Å². The molecule has 1 rings (SSSR count). The average molecular weight is 106 g/mol. The Bertz CT molecular complexity index is 140. The lowest BCUT2D eigenvalue weighted by Crippen LogP contribution is -2.22. The quantitative estimate of drug-likeness (QED) is 0.463. The average Bonchev–Trinajstić information content (AvgIpc) is 1.66. The lowest BCUT2D eigenvalue weighted by atomic mass is 9.76. The zero-order chi connectivity index (χ0) is 5.98. The van der Waals surface area contributed by atoms with Gasteiger partial charge in [-0.1, -0.05) is 0 Å². The summed E-state index contributed by atoms with van der Waals surface area (Å²) in [6, 6.07) is 4.16. The number of hydrogen-bond donors (Lipinski definition) is 0. The van der Waals surface area contributed by atoms with Crippen molar-refractivity contribution >= 4 is 0 Å². The first kappa shape index (κ1) is 5.12. The van der Waals surface area contributed by atoms with Gasteiger partial charge in [-0.25, -0.2) is 0 Å². The molecule has 0 radical (unpaired) electrons. The van der Waals surface area contributed by atoms with Gasteiger partial charge in [0.25, 0.3) is 0 Å². The van der Waals surface area contributed by atoms with Crippen LogP contribution in [0.3, 0.4) is 0 Å². The molecule has 0 unspecified atom stereocenters. The summed E-state index contributed by atoms with van der Waals surface area (Å²) in [5.41, 5.74) is 0. The zero-order valence-electron chi connectivity index (χ0n) is 4.46. The second kappa shape index (κ2) is 1.84. The lowest BCUT2D eigenvalue weighted by Gasteiger charge is -2.24. The van der Waals surface area contributed by atoms with Crippen LogP contribution >= 0.6 is 0 Å². The number of rotatable bonds is 0. The van der Waals surface area contributed by atoms with Crippen molar-refractivity contribution < 1.29 is 0 Å². The molecule has 1 aliphatic carbocycles. The van der Waals surface area contributed by atoms with E-state index in [2.05, 4.69) is 12.1 Å². The molecule has 0 aromatic carbocycles. The van der Waals surface area contributed by atoms with E-state index in [1.54, 1.807) is 0 Å². The van der Waals surface area contributed by atoms with Crippen LogP contribution in [-0.4, -0.2) is 0 Å². The molecule has 0 spiro atoms. The Balaban J connectivity index is 2.44. The molecule has 0 heterocycles. The van der Waals surface area contributed by atoms with Gasteiger partial charge < -0.3 is 0 Å². The monoisotopic (exact) mass is 106 g/mol. The third-order valence-electron chi connectivity index (χ3n) is 1.61. The van der Waals surface area contributed by atoms with Crippen molar-refractivity contribution in [2.24, 2.45) is 11.8 Å². The van der Waals surface area contributed by atoms with Gasteiger partial charge in [-0.2, -0.15) is 10.5 Å². The normalized spacial score (nSPS) is 34.2. The molecule has 1 aliphatic rings. The molecule has 0 aromatic rings. The highest BCUT2D eigenvalue weighted by Crippen LogP contribution is 2.32. The van der Waals surface area contributed by atoms with Gasteiger partial charge in [0.05, 0.1) is 24.0 Å². The van der Waals surface area contributed by atoms with Gasteiger partial charge >= 0.3 is 0 Å². The second-order valence-corrected chi connectivity index (χ2v) is 2.05. The molecule has 8 heavy (non-hydrogen) atoms. The SMILES string of the molecule is N#C[C@@H]1CC[C@@H]1C#N. The van der Waals surface area contributed by atoms with Crippen LogP contribution in [0.25, 0.3) is 0 Å². The summed E-state index contributed by atoms with van der Waals surface area (Å²) in [6.45, 7) is 0. The molecule has 0 N–H and O–H groups in total. The van der Waals surface area contributed by atoms with Crippen molar-refractivity contribution in [1.82, 2.24) is 0 Å². The topological polar surface area (TPSA) is 47.6 Å². The van der Waals surface area contributed by atoms with E-state index in [0.717, 1.165) is 12.8 Å². The van der Waals surface area contributed by atoms with E-state index >= 15 is 0 Å². The molecular weight excluding hydrogens is 100 g/mol. The lowest BCUT2D eigenvalue weighted by molar-refractivity contribution is 0.303. The van der Waals surface area contributed by atoms with Crippen LogP contribution in [0.4, 0.5) is 0 Å². The number of nitriles is 2. The first-order valence-corrected chi connectivity index (χ1v) is 2.67. The minimum Gasteiger partial charge on any atom is -0.198 e. The third-order valence-corrected chi connectivity index (χ3v) is 1.61.